The number of sulfonamides is 1. The van der Waals surface area contributed by atoms with E-state index in [0.29, 0.717) is 0 Å². The Labute approximate surface area is 142 Å². The minimum absolute atomic E-state index is 0.0484. The van der Waals surface area contributed by atoms with Gasteiger partial charge in [0.05, 0.1) is 4.90 Å². The molecule has 0 aromatic heterocycles. The first-order valence-corrected chi connectivity index (χ1v) is 8.99. The molecule has 0 bridgehead atoms. The van der Waals surface area contributed by atoms with Gasteiger partial charge in [-0.1, -0.05) is 30.3 Å². The second-order valence-electron chi connectivity index (χ2n) is 4.66. The summed E-state index contributed by atoms with van der Waals surface area (Å²) in [6.45, 7) is 0. The Morgan fingerprint density at radius 2 is 1.68 bits per heavy atom. The number of nitrogens with one attached hydrogen (secondary N) is 1. The van der Waals surface area contributed by atoms with Gasteiger partial charge in [0.25, 0.3) is 0 Å². The van der Waals surface area contributed by atoms with Crippen molar-refractivity contribution >= 4 is 38.6 Å². The van der Waals surface area contributed by atoms with Gasteiger partial charge in [0.15, 0.2) is 0 Å². The molecule has 0 aliphatic rings. The van der Waals surface area contributed by atoms with Crippen LogP contribution in [0.25, 0.3) is 0 Å². The number of hydrogen-bond acceptors (Lipinski definition) is 3. The second-order valence-corrected chi connectivity index (χ2v) is 7.62. The van der Waals surface area contributed by atoms with Crippen molar-refractivity contribution in [1.82, 2.24) is 4.72 Å². The quantitative estimate of drug-likeness (QED) is 0.688. The molecule has 1 atom stereocenters. The summed E-state index contributed by atoms with van der Waals surface area (Å²) in [7, 11) is -3.88. The topological polar surface area (TPSA) is 83.5 Å². The Bertz CT molecular complexity index is 745. The highest BCUT2D eigenvalue weighted by Gasteiger charge is 2.25. The van der Waals surface area contributed by atoms with Crippen molar-refractivity contribution in [2.24, 2.45) is 0 Å². The lowest BCUT2D eigenvalue weighted by Gasteiger charge is -2.15. The van der Waals surface area contributed by atoms with Crippen LogP contribution in [0.15, 0.2) is 59.5 Å². The molecule has 2 rings (SSSR count). The van der Waals surface area contributed by atoms with E-state index in [1.54, 1.807) is 36.4 Å². The normalized spacial score (nSPS) is 12.8. The lowest BCUT2D eigenvalue weighted by Crippen LogP contribution is -2.42. The largest absolute Gasteiger partial charge is 0.480 e. The summed E-state index contributed by atoms with van der Waals surface area (Å²) >= 11 is 2.07. The minimum Gasteiger partial charge on any atom is -0.480 e. The minimum atomic E-state index is -3.88. The zero-order chi connectivity index (χ0) is 16.2. The van der Waals surface area contributed by atoms with Gasteiger partial charge in [0.1, 0.15) is 6.04 Å². The van der Waals surface area contributed by atoms with Gasteiger partial charge in [-0.2, -0.15) is 4.72 Å². The van der Waals surface area contributed by atoms with Crippen molar-refractivity contribution in [3.8, 4) is 0 Å². The predicted molar refractivity (Wildman–Crippen MR) is 91.1 cm³/mol. The molecular weight excluding hydrogens is 417 g/mol. The summed E-state index contributed by atoms with van der Waals surface area (Å²) in [4.78, 5) is 11.4. The molecule has 2 aromatic rings. The van der Waals surface area contributed by atoms with Gasteiger partial charge >= 0.3 is 5.97 Å². The van der Waals surface area contributed by atoms with E-state index < -0.39 is 22.0 Å². The molecule has 2 N–H and O–H groups in total. The Kier molecular flexibility index (Phi) is 5.54. The van der Waals surface area contributed by atoms with E-state index in [4.69, 9.17) is 0 Å². The number of carboxylic acid groups (broad SMARTS) is 1. The highest BCUT2D eigenvalue weighted by Crippen LogP contribution is 2.13. The number of carboxylic acids is 1. The van der Waals surface area contributed by atoms with E-state index in [9.17, 15) is 18.3 Å². The maximum atomic E-state index is 12.3. The van der Waals surface area contributed by atoms with Crippen molar-refractivity contribution in [3.05, 3.63) is 63.7 Å². The maximum absolute atomic E-state index is 12.3. The molecule has 116 valence electrons. The molecular formula is C15H14INO4S. The summed E-state index contributed by atoms with van der Waals surface area (Å²) in [5.41, 5.74) is 0.750. The van der Waals surface area contributed by atoms with Gasteiger partial charge in [-0.05, 0) is 58.8 Å². The van der Waals surface area contributed by atoms with Gasteiger partial charge in [-0.3, -0.25) is 4.79 Å². The van der Waals surface area contributed by atoms with Crippen LogP contribution in [0.3, 0.4) is 0 Å². The molecule has 2 aromatic carbocycles. The van der Waals surface area contributed by atoms with Crippen LogP contribution < -0.4 is 4.72 Å². The van der Waals surface area contributed by atoms with Gasteiger partial charge in [0.2, 0.25) is 10.0 Å². The summed E-state index contributed by atoms with van der Waals surface area (Å²) in [5, 5.41) is 9.26. The maximum Gasteiger partial charge on any atom is 0.322 e. The molecule has 0 spiro atoms. The summed E-state index contributed by atoms with van der Waals surface area (Å²) in [6, 6.07) is 13.9. The van der Waals surface area contributed by atoms with E-state index in [1.165, 1.54) is 12.1 Å². The lowest BCUT2D eigenvalue weighted by molar-refractivity contribution is -0.138. The molecule has 22 heavy (non-hydrogen) atoms. The van der Waals surface area contributed by atoms with Crippen LogP contribution >= 0.6 is 22.6 Å². The average molecular weight is 431 g/mol. The first-order valence-electron chi connectivity index (χ1n) is 6.43. The molecule has 0 heterocycles. The van der Waals surface area contributed by atoms with Crippen LogP contribution in [0.1, 0.15) is 5.56 Å². The average Bonchev–Trinajstić information content (AvgIpc) is 2.48. The molecule has 0 aliphatic heterocycles. The second kappa shape index (κ2) is 7.21. The first kappa shape index (κ1) is 16.9. The highest BCUT2D eigenvalue weighted by molar-refractivity contribution is 14.1. The fraction of sp³-hybridized carbons (Fsp3) is 0.133. The number of aliphatic carboxylic acids is 1. The molecule has 0 unspecified atom stereocenters. The van der Waals surface area contributed by atoms with Crippen molar-refractivity contribution in [2.75, 3.05) is 0 Å². The van der Waals surface area contributed by atoms with Crippen LogP contribution in [0.2, 0.25) is 0 Å². The molecule has 0 saturated heterocycles. The SMILES string of the molecule is O=C(O)[C@@H](Cc1ccccc1)NS(=O)(=O)c1ccc(I)cc1. The number of rotatable bonds is 6. The Balaban J connectivity index is 2.20. The van der Waals surface area contributed by atoms with Crippen LogP contribution in [-0.4, -0.2) is 25.5 Å². The molecule has 0 radical (unpaired) electrons. The summed E-state index contributed by atoms with van der Waals surface area (Å²) in [5.74, 6) is -1.21. The van der Waals surface area contributed by atoms with Crippen LogP contribution in [0.4, 0.5) is 0 Å². The molecule has 0 aliphatic carbocycles. The zero-order valence-corrected chi connectivity index (χ0v) is 14.4. The molecule has 0 amide bonds. The molecule has 7 heteroatoms. The third-order valence-electron chi connectivity index (χ3n) is 3.00. The monoisotopic (exact) mass is 431 g/mol. The number of hydrogen-bond donors (Lipinski definition) is 2. The highest BCUT2D eigenvalue weighted by atomic mass is 127. The molecule has 0 fully saturated rings. The van der Waals surface area contributed by atoms with E-state index in [0.717, 1.165) is 9.13 Å². The van der Waals surface area contributed by atoms with E-state index in [2.05, 4.69) is 27.3 Å². The van der Waals surface area contributed by atoms with Gasteiger partial charge in [-0.15, -0.1) is 0 Å². The molecule has 0 saturated carbocycles. The van der Waals surface area contributed by atoms with E-state index >= 15 is 0 Å². The van der Waals surface area contributed by atoms with Gasteiger partial charge in [-0.25, -0.2) is 8.42 Å². The molecule has 5 nitrogen and oxygen atoms in total. The fourth-order valence-corrected chi connectivity index (χ4v) is 3.45. The Hall–Kier alpha value is -1.45. The Morgan fingerprint density at radius 3 is 2.23 bits per heavy atom. The predicted octanol–water partition coefficient (Wildman–Crippen LogP) is 2.27. The van der Waals surface area contributed by atoms with Crippen LogP contribution in [0.5, 0.6) is 0 Å². The lowest BCUT2D eigenvalue weighted by atomic mass is 10.1. The van der Waals surface area contributed by atoms with Crippen LogP contribution in [0, 0.1) is 3.57 Å². The Morgan fingerprint density at radius 1 is 1.09 bits per heavy atom. The standard InChI is InChI=1S/C15H14INO4S/c16-12-6-8-13(9-7-12)22(20,21)17-14(15(18)19)10-11-4-2-1-3-5-11/h1-9,14,17H,10H2,(H,18,19)/t14-/m1/s1. The number of carbonyl (C=O) groups is 1. The fourth-order valence-electron chi connectivity index (χ4n) is 1.90. The summed E-state index contributed by atoms with van der Waals surface area (Å²) < 4.78 is 27.7. The van der Waals surface area contributed by atoms with Crippen molar-refractivity contribution < 1.29 is 18.3 Å². The van der Waals surface area contributed by atoms with Crippen molar-refractivity contribution in [2.45, 2.75) is 17.4 Å². The third-order valence-corrected chi connectivity index (χ3v) is 5.21. The zero-order valence-electron chi connectivity index (χ0n) is 11.4. The smallest absolute Gasteiger partial charge is 0.322 e. The number of halogens is 1. The third kappa shape index (κ3) is 4.52. The first-order chi connectivity index (χ1) is 10.4. The van der Waals surface area contributed by atoms with E-state index in [-0.39, 0.29) is 11.3 Å². The van der Waals surface area contributed by atoms with E-state index in [1.807, 2.05) is 6.07 Å². The van der Waals surface area contributed by atoms with Crippen molar-refractivity contribution in [3.63, 3.8) is 0 Å². The van der Waals surface area contributed by atoms with Gasteiger partial charge in [0, 0.05) is 3.57 Å². The number of benzene rings is 2. The van der Waals surface area contributed by atoms with Crippen molar-refractivity contribution in [1.29, 1.82) is 0 Å². The van der Waals surface area contributed by atoms with Gasteiger partial charge < -0.3 is 5.11 Å². The van der Waals surface area contributed by atoms with Crippen LogP contribution in [-0.2, 0) is 21.2 Å². The summed E-state index contributed by atoms with van der Waals surface area (Å²) in [6.07, 6.45) is 0.0831.